The predicted molar refractivity (Wildman–Crippen MR) is 87.8 cm³/mol. The highest BCUT2D eigenvalue weighted by molar-refractivity contribution is 5.79. The predicted octanol–water partition coefficient (Wildman–Crippen LogP) is 3.47. The van der Waals surface area contributed by atoms with Crippen molar-refractivity contribution in [3.05, 3.63) is 0 Å². The Labute approximate surface area is 130 Å². The fourth-order valence-electron chi connectivity index (χ4n) is 4.56. The van der Waals surface area contributed by atoms with E-state index in [2.05, 4.69) is 26.1 Å². The Kier molecular flexibility index (Phi) is 5.70. The van der Waals surface area contributed by atoms with Crippen molar-refractivity contribution in [2.24, 2.45) is 28.9 Å². The zero-order valence-corrected chi connectivity index (χ0v) is 14.2. The van der Waals surface area contributed by atoms with Gasteiger partial charge in [-0.2, -0.15) is 0 Å². The Balaban J connectivity index is 1.89. The molecule has 2 rings (SSSR count). The van der Waals surface area contributed by atoms with Crippen LogP contribution in [0, 0.1) is 23.2 Å². The molecule has 2 aliphatic rings. The van der Waals surface area contributed by atoms with Crippen LogP contribution in [-0.4, -0.2) is 18.5 Å². The van der Waals surface area contributed by atoms with Crippen LogP contribution in [0.25, 0.3) is 0 Å². The van der Waals surface area contributed by atoms with Crippen molar-refractivity contribution in [1.29, 1.82) is 0 Å². The third-order valence-corrected chi connectivity index (χ3v) is 5.65. The van der Waals surface area contributed by atoms with Crippen molar-refractivity contribution >= 4 is 5.91 Å². The van der Waals surface area contributed by atoms with E-state index in [0.717, 1.165) is 19.4 Å². The molecule has 0 heterocycles. The van der Waals surface area contributed by atoms with Gasteiger partial charge in [0.25, 0.3) is 0 Å². The summed E-state index contributed by atoms with van der Waals surface area (Å²) >= 11 is 0. The van der Waals surface area contributed by atoms with Gasteiger partial charge in [-0.25, -0.2) is 0 Å². The van der Waals surface area contributed by atoms with Gasteiger partial charge in [0.05, 0.1) is 5.92 Å². The quantitative estimate of drug-likeness (QED) is 0.815. The van der Waals surface area contributed by atoms with E-state index in [1.165, 1.54) is 38.5 Å². The van der Waals surface area contributed by atoms with Crippen molar-refractivity contribution in [3.8, 4) is 0 Å². The summed E-state index contributed by atoms with van der Waals surface area (Å²) in [5, 5.41) is 3.27. The number of carbonyl (C=O) groups excluding carboxylic acids is 1. The fraction of sp³-hybridized carbons (Fsp3) is 0.944. The number of carbonyl (C=O) groups is 1. The van der Waals surface area contributed by atoms with E-state index in [0.29, 0.717) is 17.3 Å². The average Bonchev–Trinajstić information content (AvgIpc) is 2.87. The second kappa shape index (κ2) is 7.13. The Hall–Kier alpha value is -0.570. The Morgan fingerprint density at radius 3 is 2.57 bits per heavy atom. The van der Waals surface area contributed by atoms with Gasteiger partial charge in [0.1, 0.15) is 0 Å². The standard InChI is InChI=1S/C18H34N2O/c1-13(2)11-18(8-4-5-9-18)12-20-17(21)15-10-14(3)6-7-16(15)19/h13-16H,4-12,19H2,1-3H3,(H,20,21). The number of nitrogens with one attached hydrogen (secondary N) is 1. The highest BCUT2D eigenvalue weighted by Gasteiger charge is 2.36. The molecule has 122 valence electrons. The van der Waals surface area contributed by atoms with E-state index in [-0.39, 0.29) is 17.9 Å². The first-order chi connectivity index (χ1) is 9.92. The SMILES string of the molecule is CC(C)CC1(CNC(=O)C2CC(C)CCC2N)CCCC1. The number of nitrogens with two attached hydrogens (primary N) is 1. The van der Waals surface area contributed by atoms with Crippen molar-refractivity contribution in [1.82, 2.24) is 5.32 Å². The first-order valence-electron chi connectivity index (χ1n) is 8.95. The summed E-state index contributed by atoms with van der Waals surface area (Å²) in [5.41, 5.74) is 6.53. The second-order valence-electron chi connectivity index (χ2n) is 8.21. The van der Waals surface area contributed by atoms with E-state index >= 15 is 0 Å². The number of hydrogen-bond donors (Lipinski definition) is 2. The largest absolute Gasteiger partial charge is 0.355 e. The minimum absolute atomic E-state index is 0.0336. The van der Waals surface area contributed by atoms with Gasteiger partial charge in [-0.15, -0.1) is 0 Å². The molecule has 0 aromatic carbocycles. The summed E-state index contributed by atoms with van der Waals surface area (Å²) < 4.78 is 0. The van der Waals surface area contributed by atoms with Gasteiger partial charge in [-0.05, 0) is 55.8 Å². The summed E-state index contributed by atoms with van der Waals surface area (Å²) in [6, 6.07) is 0.0610. The lowest BCUT2D eigenvalue weighted by atomic mass is 9.77. The van der Waals surface area contributed by atoms with E-state index in [4.69, 9.17) is 5.73 Å². The van der Waals surface area contributed by atoms with Gasteiger partial charge in [-0.1, -0.05) is 33.6 Å². The molecule has 21 heavy (non-hydrogen) atoms. The van der Waals surface area contributed by atoms with E-state index in [1.54, 1.807) is 0 Å². The number of amides is 1. The van der Waals surface area contributed by atoms with E-state index < -0.39 is 0 Å². The molecule has 0 bridgehead atoms. The summed E-state index contributed by atoms with van der Waals surface area (Å²) in [4.78, 5) is 12.5. The average molecular weight is 294 g/mol. The van der Waals surface area contributed by atoms with Crippen LogP contribution in [0.4, 0.5) is 0 Å². The molecule has 3 nitrogen and oxygen atoms in total. The van der Waals surface area contributed by atoms with E-state index in [1.807, 2.05) is 0 Å². The van der Waals surface area contributed by atoms with Crippen LogP contribution in [-0.2, 0) is 4.79 Å². The van der Waals surface area contributed by atoms with Gasteiger partial charge in [-0.3, -0.25) is 4.79 Å². The van der Waals surface area contributed by atoms with Crippen molar-refractivity contribution < 1.29 is 4.79 Å². The molecule has 3 N–H and O–H groups in total. The molecule has 0 aromatic heterocycles. The maximum absolute atomic E-state index is 12.5. The molecule has 2 fully saturated rings. The van der Waals surface area contributed by atoms with Crippen LogP contribution in [0.1, 0.15) is 72.1 Å². The number of rotatable bonds is 5. The first kappa shape index (κ1) is 16.8. The molecular formula is C18H34N2O. The maximum atomic E-state index is 12.5. The zero-order chi connectivity index (χ0) is 15.5. The molecular weight excluding hydrogens is 260 g/mol. The summed E-state index contributed by atoms with van der Waals surface area (Å²) in [6.45, 7) is 7.69. The van der Waals surface area contributed by atoms with Gasteiger partial charge < -0.3 is 11.1 Å². The van der Waals surface area contributed by atoms with Gasteiger partial charge >= 0.3 is 0 Å². The molecule has 3 heteroatoms. The Bertz CT molecular complexity index is 347. The third-order valence-electron chi connectivity index (χ3n) is 5.65. The Morgan fingerprint density at radius 2 is 1.95 bits per heavy atom. The van der Waals surface area contributed by atoms with Crippen LogP contribution in [0.15, 0.2) is 0 Å². The van der Waals surface area contributed by atoms with E-state index in [9.17, 15) is 4.79 Å². The Morgan fingerprint density at radius 1 is 1.29 bits per heavy atom. The lowest BCUT2D eigenvalue weighted by Crippen LogP contribution is -2.47. The highest BCUT2D eigenvalue weighted by atomic mass is 16.1. The topological polar surface area (TPSA) is 55.1 Å². The van der Waals surface area contributed by atoms with Crippen LogP contribution in [0.3, 0.4) is 0 Å². The lowest BCUT2D eigenvalue weighted by molar-refractivity contribution is -0.127. The molecule has 0 aromatic rings. The minimum Gasteiger partial charge on any atom is -0.355 e. The molecule has 3 atom stereocenters. The van der Waals surface area contributed by atoms with Crippen LogP contribution < -0.4 is 11.1 Å². The first-order valence-corrected chi connectivity index (χ1v) is 8.95. The monoisotopic (exact) mass is 294 g/mol. The van der Waals surface area contributed by atoms with Gasteiger partial charge in [0.15, 0.2) is 0 Å². The molecule has 0 aliphatic heterocycles. The summed E-state index contributed by atoms with van der Waals surface area (Å²) in [7, 11) is 0. The van der Waals surface area contributed by atoms with Crippen LogP contribution in [0.5, 0.6) is 0 Å². The summed E-state index contributed by atoms with van der Waals surface area (Å²) in [6.07, 6.45) is 9.56. The summed E-state index contributed by atoms with van der Waals surface area (Å²) in [5.74, 6) is 1.59. The molecule has 2 aliphatic carbocycles. The minimum atomic E-state index is 0.0336. The van der Waals surface area contributed by atoms with Crippen LogP contribution in [0.2, 0.25) is 0 Å². The van der Waals surface area contributed by atoms with Gasteiger partial charge in [0, 0.05) is 12.6 Å². The van der Waals surface area contributed by atoms with Gasteiger partial charge in [0.2, 0.25) is 5.91 Å². The maximum Gasteiger partial charge on any atom is 0.224 e. The molecule has 2 saturated carbocycles. The van der Waals surface area contributed by atoms with Crippen LogP contribution >= 0.6 is 0 Å². The molecule has 3 unspecified atom stereocenters. The zero-order valence-electron chi connectivity index (χ0n) is 14.2. The highest BCUT2D eigenvalue weighted by Crippen LogP contribution is 2.42. The van der Waals surface area contributed by atoms with Crippen molar-refractivity contribution in [2.45, 2.75) is 78.2 Å². The smallest absolute Gasteiger partial charge is 0.224 e. The van der Waals surface area contributed by atoms with Crippen molar-refractivity contribution in [3.63, 3.8) is 0 Å². The number of hydrogen-bond acceptors (Lipinski definition) is 2. The lowest BCUT2D eigenvalue weighted by Gasteiger charge is -2.35. The van der Waals surface area contributed by atoms with Crippen molar-refractivity contribution in [2.75, 3.05) is 6.54 Å². The third kappa shape index (κ3) is 4.45. The molecule has 0 spiro atoms. The normalized spacial score (nSPS) is 32.3. The molecule has 0 radical (unpaired) electrons. The second-order valence-corrected chi connectivity index (χ2v) is 8.21. The molecule has 0 saturated heterocycles. The fourth-order valence-corrected chi connectivity index (χ4v) is 4.56. The molecule has 1 amide bonds.